The lowest BCUT2D eigenvalue weighted by Crippen LogP contribution is -2.39. The van der Waals surface area contributed by atoms with E-state index in [1.807, 2.05) is 0 Å². The topological polar surface area (TPSA) is 46.2 Å². The molecule has 1 aliphatic rings. The molecule has 1 rings (SSSR count). The van der Waals surface area contributed by atoms with Gasteiger partial charge in [0.05, 0.1) is 5.75 Å². The van der Waals surface area contributed by atoms with Crippen LogP contribution in [0.2, 0.25) is 0 Å². The maximum absolute atomic E-state index is 11.6. The molecule has 1 N–H and O–H groups in total. The highest BCUT2D eigenvalue weighted by Crippen LogP contribution is 2.33. The fraction of sp³-hybridized carbons (Fsp3) is 1.00. The van der Waals surface area contributed by atoms with Crippen molar-refractivity contribution in [1.29, 1.82) is 0 Å². The zero-order valence-corrected chi connectivity index (χ0v) is 15.1. The average Bonchev–Trinajstić information content (AvgIpc) is 2.50. The Labute approximate surface area is 132 Å². The molecule has 1 atom stereocenters. The molecule has 21 heavy (non-hydrogen) atoms. The molecule has 0 heterocycles. The summed E-state index contributed by atoms with van der Waals surface area (Å²) in [6.45, 7) is 7.29. The number of sulfone groups is 1. The molecular formula is C17H35NO2S. The SMILES string of the molecule is CCCNC(CCCS(=O)(=O)CC)C1CCC(CC)CC1. The van der Waals surface area contributed by atoms with Crippen molar-refractivity contribution in [3.63, 3.8) is 0 Å². The highest BCUT2D eigenvalue weighted by atomic mass is 32.2. The van der Waals surface area contributed by atoms with Gasteiger partial charge in [-0.15, -0.1) is 0 Å². The molecule has 3 nitrogen and oxygen atoms in total. The molecule has 0 aromatic rings. The van der Waals surface area contributed by atoms with Gasteiger partial charge in [-0.05, 0) is 50.5 Å². The lowest BCUT2D eigenvalue weighted by molar-refractivity contribution is 0.210. The van der Waals surface area contributed by atoms with Crippen LogP contribution in [0.5, 0.6) is 0 Å². The molecule has 0 aromatic carbocycles. The fourth-order valence-corrected chi connectivity index (χ4v) is 4.40. The third-order valence-electron chi connectivity index (χ3n) is 5.10. The maximum Gasteiger partial charge on any atom is 0.150 e. The fourth-order valence-electron chi connectivity index (χ4n) is 3.50. The van der Waals surface area contributed by atoms with Gasteiger partial charge in [0.25, 0.3) is 0 Å². The summed E-state index contributed by atoms with van der Waals surface area (Å²) in [5, 5.41) is 3.68. The molecule has 1 unspecified atom stereocenters. The Hall–Kier alpha value is -0.0900. The minimum Gasteiger partial charge on any atom is -0.314 e. The number of rotatable bonds is 10. The van der Waals surface area contributed by atoms with Crippen LogP contribution in [0, 0.1) is 11.8 Å². The average molecular weight is 318 g/mol. The number of hydrogen-bond donors (Lipinski definition) is 1. The van der Waals surface area contributed by atoms with Crippen LogP contribution < -0.4 is 5.32 Å². The van der Waals surface area contributed by atoms with E-state index in [0.29, 0.717) is 11.8 Å². The third kappa shape index (κ3) is 7.14. The molecule has 0 aromatic heterocycles. The van der Waals surface area contributed by atoms with E-state index in [4.69, 9.17) is 0 Å². The Bertz CT molecular complexity index is 359. The van der Waals surface area contributed by atoms with Crippen LogP contribution in [0.1, 0.15) is 72.1 Å². The molecule has 1 saturated carbocycles. The smallest absolute Gasteiger partial charge is 0.150 e. The summed E-state index contributed by atoms with van der Waals surface area (Å²) >= 11 is 0. The van der Waals surface area contributed by atoms with Crippen molar-refractivity contribution in [2.45, 2.75) is 78.2 Å². The van der Waals surface area contributed by atoms with Crippen LogP contribution in [0.25, 0.3) is 0 Å². The predicted molar refractivity (Wildman–Crippen MR) is 91.4 cm³/mol. The first-order valence-electron chi connectivity index (χ1n) is 8.96. The lowest BCUT2D eigenvalue weighted by atomic mass is 9.76. The normalized spacial score (nSPS) is 24.9. The summed E-state index contributed by atoms with van der Waals surface area (Å²) < 4.78 is 23.3. The van der Waals surface area contributed by atoms with E-state index < -0.39 is 9.84 Å². The monoisotopic (exact) mass is 317 g/mol. The van der Waals surface area contributed by atoms with Crippen LogP contribution in [-0.4, -0.2) is 32.5 Å². The zero-order chi connectivity index (χ0) is 15.7. The summed E-state index contributed by atoms with van der Waals surface area (Å²) in [4.78, 5) is 0. The molecule has 0 aliphatic heterocycles. The van der Waals surface area contributed by atoms with Gasteiger partial charge in [-0.25, -0.2) is 8.42 Å². The van der Waals surface area contributed by atoms with Crippen molar-refractivity contribution in [3.05, 3.63) is 0 Å². The molecule has 126 valence electrons. The molecule has 1 aliphatic carbocycles. The standard InChI is InChI=1S/C17H35NO2S/c1-4-13-18-17(8-7-14-21(19,20)6-3)16-11-9-15(5-2)10-12-16/h15-18H,4-14H2,1-3H3. The van der Waals surface area contributed by atoms with Crippen molar-refractivity contribution >= 4 is 9.84 Å². The van der Waals surface area contributed by atoms with Gasteiger partial charge in [0, 0.05) is 11.8 Å². The molecular weight excluding hydrogens is 282 g/mol. The van der Waals surface area contributed by atoms with E-state index in [2.05, 4.69) is 19.2 Å². The van der Waals surface area contributed by atoms with Gasteiger partial charge in [0.2, 0.25) is 0 Å². The Morgan fingerprint density at radius 1 is 1.10 bits per heavy atom. The molecule has 1 fully saturated rings. The van der Waals surface area contributed by atoms with Crippen molar-refractivity contribution < 1.29 is 8.42 Å². The van der Waals surface area contributed by atoms with Crippen LogP contribution in [-0.2, 0) is 9.84 Å². The van der Waals surface area contributed by atoms with E-state index in [1.165, 1.54) is 32.1 Å². The Kier molecular flexibility index (Phi) is 8.88. The summed E-state index contributed by atoms with van der Waals surface area (Å²) in [6.07, 6.45) is 9.65. The van der Waals surface area contributed by atoms with E-state index in [0.717, 1.165) is 37.6 Å². The zero-order valence-electron chi connectivity index (χ0n) is 14.2. The van der Waals surface area contributed by atoms with Crippen molar-refractivity contribution in [2.75, 3.05) is 18.1 Å². The minimum atomic E-state index is -2.81. The molecule has 0 saturated heterocycles. The minimum absolute atomic E-state index is 0.279. The number of nitrogens with one attached hydrogen (secondary N) is 1. The molecule has 0 radical (unpaired) electrons. The van der Waals surface area contributed by atoms with E-state index >= 15 is 0 Å². The first-order chi connectivity index (χ1) is 10.0. The van der Waals surface area contributed by atoms with Gasteiger partial charge in [-0.2, -0.15) is 0 Å². The second-order valence-electron chi connectivity index (χ2n) is 6.63. The second-order valence-corrected chi connectivity index (χ2v) is 9.10. The van der Waals surface area contributed by atoms with Gasteiger partial charge in [0.15, 0.2) is 0 Å². The summed E-state index contributed by atoms with van der Waals surface area (Å²) in [5.41, 5.74) is 0. The van der Waals surface area contributed by atoms with Crippen LogP contribution in [0.4, 0.5) is 0 Å². The van der Waals surface area contributed by atoms with Crippen LogP contribution >= 0.6 is 0 Å². The Morgan fingerprint density at radius 3 is 2.29 bits per heavy atom. The van der Waals surface area contributed by atoms with Gasteiger partial charge in [-0.1, -0.05) is 40.0 Å². The first kappa shape index (κ1) is 19.0. The van der Waals surface area contributed by atoms with E-state index in [-0.39, 0.29) is 5.75 Å². The highest BCUT2D eigenvalue weighted by molar-refractivity contribution is 7.91. The van der Waals surface area contributed by atoms with E-state index in [9.17, 15) is 8.42 Å². The molecule has 0 bridgehead atoms. The number of hydrogen-bond acceptors (Lipinski definition) is 3. The first-order valence-corrected chi connectivity index (χ1v) is 10.8. The summed E-state index contributed by atoms with van der Waals surface area (Å²) in [7, 11) is -2.81. The summed E-state index contributed by atoms with van der Waals surface area (Å²) in [6, 6.07) is 0.523. The lowest BCUT2D eigenvalue weighted by Gasteiger charge is -2.34. The third-order valence-corrected chi connectivity index (χ3v) is 6.89. The Morgan fingerprint density at radius 2 is 1.76 bits per heavy atom. The van der Waals surface area contributed by atoms with Crippen molar-refractivity contribution in [2.24, 2.45) is 11.8 Å². The largest absolute Gasteiger partial charge is 0.314 e. The van der Waals surface area contributed by atoms with Crippen LogP contribution in [0.15, 0.2) is 0 Å². The Balaban J connectivity index is 2.44. The predicted octanol–water partition coefficient (Wildman–Crippen LogP) is 3.79. The van der Waals surface area contributed by atoms with Crippen LogP contribution in [0.3, 0.4) is 0 Å². The van der Waals surface area contributed by atoms with Crippen molar-refractivity contribution in [3.8, 4) is 0 Å². The maximum atomic E-state index is 11.6. The van der Waals surface area contributed by atoms with Gasteiger partial charge in [-0.3, -0.25) is 0 Å². The second kappa shape index (κ2) is 9.83. The van der Waals surface area contributed by atoms with Gasteiger partial charge < -0.3 is 5.32 Å². The molecule has 4 heteroatoms. The quantitative estimate of drug-likeness (QED) is 0.667. The van der Waals surface area contributed by atoms with Crippen molar-refractivity contribution in [1.82, 2.24) is 5.32 Å². The summed E-state index contributed by atoms with van der Waals surface area (Å²) in [5.74, 6) is 2.32. The molecule has 0 spiro atoms. The van der Waals surface area contributed by atoms with Gasteiger partial charge >= 0.3 is 0 Å². The van der Waals surface area contributed by atoms with E-state index in [1.54, 1.807) is 6.92 Å². The highest BCUT2D eigenvalue weighted by Gasteiger charge is 2.26. The molecule has 0 amide bonds. The van der Waals surface area contributed by atoms with Gasteiger partial charge in [0.1, 0.15) is 9.84 Å².